The van der Waals surface area contributed by atoms with Crippen molar-refractivity contribution in [2.45, 2.75) is 44.2 Å². The van der Waals surface area contributed by atoms with Gasteiger partial charge in [-0.05, 0) is 45.4 Å². The molecule has 1 aliphatic rings. The number of sulfonamides is 1. The monoisotopic (exact) mass is 339 g/mol. The van der Waals surface area contributed by atoms with Crippen LogP contribution in [0.2, 0.25) is 0 Å². The van der Waals surface area contributed by atoms with Crippen LogP contribution in [0.25, 0.3) is 0 Å². The van der Waals surface area contributed by atoms with Gasteiger partial charge in [0.25, 0.3) is 21.8 Å². The topological polar surface area (TPSA) is 110 Å². The molecule has 0 aromatic heterocycles. The number of hydrogen-bond acceptors (Lipinski definition) is 5. The Kier molecular flexibility index (Phi) is 4.76. The molecular weight excluding hydrogens is 318 g/mol. The molecule has 1 heterocycles. The molecule has 1 aromatic rings. The highest BCUT2D eigenvalue weighted by atomic mass is 32.2. The lowest BCUT2D eigenvalue weighted by Gasteiger charge is -2.18. The Bertz CT molecular complexity index is 741. The van der Waals surface area contributed by atoms with Crippen molar-refractivity contribution in [1.29, 1.82) is 0 Å². The molecule has 0 saturated heterocycles. The van der Waals surface area contributed by atoms with E-state index in [-0.39, 0.29) is 28.0 Å². The summed E-state index contributed by atoms with van der Waals surface area (Å²) in [6.45, 7) is 5.49. The molecule has 2 rings (SSSR count). The summed E-state index contributed by atoms with van der Waals surface area (Å²) in [6.07, 6.45) is 0.620. The van der Waals surface area contributed by atoms with Crippen molar-refractivity contribution in [3.8, 4) is 0 Å². The summed E-state index contributed by atoms with van der Waals surface area (Å²) in [7, 11) is -3.90. The second-order valence-electron chi connectivity index (χ2n) is 5.93. The predicted molar refractivity (Wildman–Crippen MR) is 85.5 cm³/mol. The van der Waals surface area contributed by atoms with Crippen LogP contribution in [0.1, 0.15) is 47.9 Å². The first-order valence-electron chi connectivity index (χ1n) is 7.43. The lowest BCUT2D eigenvalue weighted by molar-refractivity contribution is 0.0845. The minimum Gasteiger partial charge on any atom is -0.352 e. The molecular formula is C15H21N3O4S. The largest absolute Gasteiger partial charge is 0.352 e. The highest BCUT2D eigenvalue weighted by molar-refractivity contribution is 7.90. The molecule has 7 nitrogen and oxygen atoms in total. The molecule has 8 heteroatoms. The normalized spacial score (nSPS) is 17.3. The van der Waals surface area contributed by atoms with Crippen LogP contribution in [0.15, 0.2) is 23.1 Å². The van der Waals surface area contributed by atoms with E-state index in [2.05, 4.69) is 5.32 Å². The highest BCUT2D eigenvalue weighted by Crippen LogP contribution is 2.32. The molecule has 1 aromatic carbocycles. The molecule has 0 aliphatic carbocycles. The maximum absolute atomic E-state index is 12.5. The van der Waals surface area contributed by atoms with E-state index in [1.54, 1.807) is 13.8 Å². The maximum Gasteiger partial charge on any atom is 0.269 e. The standard InChI is InChI=1S/C15H21N3O4S/c1-9(2)18-15(20)12-5-4-11(8-13(12)23(18,21)22)14(19)17-7-6-10(3)16/h4-5,8-10H,6-7,16H2,1-3H3,(H,17,19). The zero-order valence-corrected chi connectivity index (χ0v) is 14.2. The number of nitrogens with one attached hydrogen (secondary N) is 1. The van der Waals surface area contributed by atoms with E-state index in [9.17, 15) is 18.0 Å². The van der Waals surface area contributed by atoms with Gasteiger partial charge in [0.15, 0.2) is 0 Å². The van der Waals surface area contributed by atoms with Gasteiger partial charge in [0.1, 0.15) is 4.90 Å². The van der Waals surface area contributed by atoms with Gasteiger partial charge in [-0.25, -0.2) is 12.7 Å². The molecule has 0 bridgehead atoms. The van der Waals surface area contributed by atoms with Gasteiger partial charge in [0.05, 0.1) is 5.56 Å². The van der Waals surface area contributed by atoms with Gasteiger partial charge < -0.3 is 11.1 Å². The smallest absolute Gasteiger partial charge is 0.269 e. The predicted octanol–water partition coefficient (Wildman–Crippen LogP) is 0.707. The number of nitrogens with zero attached hydrogens (tertiary/aromatic N) is 1. The molecule has 1 atom stereocenters. The Morgan fingerprint density at radius 3 is 2.52 bits per heavy atom. The number of amides is 2. The molecule has 0 fully saturated rings. The van der Waals surface area contributed by atoms with Gasteiger partial charge in [-0.3, -0.25) is 9.59 Å². The lowest BCUT2D eigenvalue weighted by Crippen LogP contribution is -2.36. The van der Waals surface area contributed by atoms with Crippen LogP contribution in [-0.2, 0) is 10.0 Å². The third-order valence-electron chi connectivity index (χ3n) is 3.57. The first-order chi connectivity index (χ1) is 10.7. The summed E-state index contributed by atoms with van der Waals surface area (Å²) < 4.78 is 25.8. The first-order valence-corrected chi connectivity index (χ1v) is 8.87. The molecule has 3 N–H and O–H groups in total. The Morgan fingerprint density at radius 1 is 1.30 bits per heavy atom. The minimum absolute atomic E-state index is 0.0343. The third-order valence-corrected chi connectivity index (χ3v) is 5.56. The Balaban J connectivity index is 2.30. The summed E-state index contributed by atoms with van der Waals surface area (Å²) in [5.41, 5.74) is 5.92. The number of carbonyl (C=O) groups excluding carboxylic acids is 2. The van der Waals surface area contributed by atoms with Crippen LogP contribution >= 0.6 is 0 Å². The van der Waals surface area contributed by atoms with Crippen molar-refractivity contribution in [3.63, 3.8) is 0 Å². The molecule has 0 radical (unpaired) electrons. The molecule has 0 saturated carbocycles. The van der Waals surface area contributed by atoms with Crippen molar-refractivity contribution in [3.05, 3.63) is 29.3 Å². The van der Waals surface area contributed by atoms with E-state index in [4.69, 9.17) is 5.73 Å². The molecule has 2 amide bonds. The first kappa shape index (κ1) is 17.4. The fourth-order valence-corrected chi connectivity index (χ4v) is 4.21. The average Bonchev–Trinajstić information content (AvgIpc) is 2.65. The van der Waals surface area contributed by atoms with Crippen molar-refractivity contribution in [1.82, 2.24) is 9.62 Å². The number of rotatable bonds is 5. The quantitative estimate of drug-likeness (QED) is 0.821. The molecule has 126 valence electrons. The fourth-order valence-electron chi connectivity index (χ4n) is 2.41. The zero-order valence-electron chi connectivity index (χ0n) is 13.4. The van der Waals surface area contributed by atoms with Gasteiger partial charge in [-0.2, -0.15) is 0 Å². The third kappa shape index (κ3) is 3.23. The van der Waals surface area contributed by atoms with Gasteiger partial charge in [0.2, 0.25) is 0 Å². The summed E-state index contributed by atoms with van der Waals surface area (Å²) >= 11 is 0. The van der Waals surface area contributed by atoms with Crippen LogP contribution in [0.5, 0.6) is 0 Å². The highest BCUT2D eigenvalue weighted by Gasteiger charge is 2.42. The van der Waals surface area contributed by atoms with Crippen LogP contribution in [0.3, 0.4) is 0 Å². The van der Waals surface area contributed by atoms with E-state index < -0.39 is 22.0 Å². The van der Waals surface area contributed by atoms with E-state index in [1.165, 1.54) is 18.2 Å². The van der Waals surface area contributed by atoms with E-state index in [0.717, 1.165) is 4.31 Å². The summed E-state index contributed by atoms with van der Waals surface area (Å²) in [6, 6.07) is 3.58. The number of fused-ring (bicyclic) bond motifs is 1. The van der Waals surface area contributed by atoms with Gasteiger partial charge in [-0.15, -0.1) is 0 Å². The Hall–Kier alpha value is -1.93. The van der Waals surface area contributed by atoms with Crippen molar-refractivity contribution in [2.24, 2.45) is 5.73 Å². The zero-order chi connectivity index (χ0) is 17.4. The van der Waals surface area contributed by atoms with E-state index >= 15 is 0 Å². The maximum atomic E-state index is 12.5. The number of hydrogen-bond donors (Lipinski definition) is 2. The lowest BCUT2D eigenvalue weighted by atomic mass is 10.1. The summed E-state index contributed by atoms with van der Waals surface area (Å²) in [5.74, 6) is -0.946. The fraction of sp³-hybridized carbons (Fsp3) is 0.467. The van der Waals surface area contributed by atoms with Crippen molar-refractivity contribution in [2.75, 3.05) is 6.54 Å². The van der Waals surface area contributed by atoms with Crippen molar-refractivity contribution >= 4 is 21.8 Å². The van der Waals surface area contributed by atoms with Gasteiger partial charge in [0, 0.05) is 24.2 Å². The SMILES string of the molecule is CC(N)CCNC(=O)c1ccc2c(c1)S(=O)(=O)N(C(C)C)C2=O. The van der Waals surface area contributed by atoms with Crippen molar-refractivity contribution < 1.29 is 18.0 Å². The van der Waals surface area contributed by atoms with Crippen LogP contribution < -0.4 is 11.1 Å². The van der Waals surface area contributed by atoms with Crippen LogP contribution in [0.4, 0.5) is 0 Å². The summed E-state index contributed by atoms with van der Waals surface area (Å²) in [5, 5.41) is 2.68. The molecule has 0 spiro atoms. The number of carbonyl (C=O) groups is 2. The second-order valence-corrected chi connectivity index (χ2v) is 7.72. The minimum atomic E-state index is -3.90. The second kappa shape index (κ2) is 6.29. The van der Waals surface area contributed by atoms with Crippen LogP contribution in [0, 0.1) is 0 Å². The summed E-state index contributed by atoms with van der Waals surface area (Å²) in [4.78, 5) is 24.2. The van der Waals surface area contributed by atoms with E-state index in [0.29, 0.717) is 13.0 Å². The Morgan fingerprint density at radius 2 is 1.96 bits per heavy atom. The van der Waals surface area contributed by atoms with Crippen LogP contribution in [-0.4, -0.2) is 43.2 Å². The molecule has 1 unspecified atom stereocenters. The van der Waals surface area contributed by atoms with E-state index in [1.807, 2.05) is 6.92 Å². The average molecular weight is 339 g/mol. The molecule has 23 heavy (non-hydrogen) atoms. The Labute approximate surface area is 135 Å². The molecule has 1 aliphatic heterocycles. The number of benzene rings is 1. The van der Waals surface area contributed by atoms with Gasteiger partial charge in [-0.1, -0.05) is 0 Å². The number of nitrogens with two attached hydrogens (primary N) is 1. The van der Waals surface area contributed by atoms with Gasteiger partial charge >= 0.3 is 0 Å².